The van der Waals surface area contributed by atoms with Crippen molar-refractivity contribution < 1.29 is 9.53 Å². The van der Waals surface area contributed by atoms with Gasteiger partial charge in [-0.25, -0.2) is 9.78 Å². The number of rotatable bonds is 4. The van der Waals surface area contributed by atoms with Crippen LogP contribution in [0.3, 0.4) is 0 Å². The van der Waals surface area contributed by atoms with E-state index in [0.29, 0.717) is 23.9 Å². The fourth-order valence-corrected chi connectivity index (χ4v) is 3.40. The Morgan fingerprint density at radius 2 is 1.85 bits per heavy atom. The number of esters is 1. The summed E-state index contributed by atoms with van der Waals surface area (Å²) in [4.78, 5) is 43.6. The minimum atomic E-state index is -0.464. The van der Waals surface area contributed by atoms with Crippen molar-refractivity contribution >= 4 is 17.1 Å². The lowest BCUT2D eigenvalue weighted by Crippen LogP contribution is -2.38. The third-order valence-corrected chi connectivity index (χ3v) is 5.18. The quantitative estimate of drug-likeness (QED) is 0.701. The maximum absolute atomic E-state index is 12.7. The number of aryl methyl sites for hydroxylation is 1. The molecule has 0 amide bonds. The molecule has 9 heteroatoms. The summed E-state index contributed by atoms with van der Waals surface area (Å²) in [6.07, 6.45) is 2.22. The van der Waals surface area contributed by atoms with E-state index in [1.165, 1.54) is 18.7 Å². The molecule has 1 saturated heterocycles. The number of fused-ring (bicyclic) bond motifs is 1. The summed E-state index contributed by atoms with van der Waals surface area (Å²) in [6.45, 7) is 4.54. The van der Waals surface area contributed by atoms with E-state index >= 15 is 0 Å². The molecule has 0 bridgehead atoms. The van der Waals surface area contributed by atoms with E-state index in [4.69, 9.17) is 4.74 Å². The van der Waals surface area contributed by atoms with Gasteiger partial charge in [-0.1, -0.05) is 6.92 Å². The topological polar surface area (TPSA) is 91.4 Å². The van der Waals surface area contributed by atoms with Crippen LogP contribution in [0.4, 0.5) is 0 Å². The monoisotopic (exact) mass is 363 g/mol. The van der Waals surface area contributed by atoms with Crippen LogP contribution in [-0.4, -0.2) is 49.8 Å². The molecule has 0 aliphatic carbocycles. The fourth-order valence-electron chi connectivity index (χ4n) is 3.40. The molecule has 0 atom stereocenters. The number of likely N-dealkylation sites (tertiary alicyclic amines) is 1. The number of methoxy groups -OCH3 is 1. The SMILES string of the molecule is COC(=O)Cn1c(CN2CCC(C)CC2)nc2c1c(=O)n(C)c(=O)n2C. The fraction of sp³-hybridized carbons (Fsp3) is 0.647. The standard InChI is InChI=1S/C17H25N5O4/c1-11-5-7-21(8-6-11)9-12-18-15-14(22(12)10-13(23)26-4)16(24)20(3)17(25)19(15)2/h11H,5-10H2,1-4H3. The minimum absolute atomic E-state index is 0.111. The van der Waals surface area contributed by atoms with Crippen LogP contribution < -0.4 is 11.2 Å². The van der Waals surface area contributed by atoms with E-state index in [0.717, 1.165) is 30.5 Å². The zero-order chi connectivity index (χ0) is 19.0. The molecule has 1 aliphatic rings. The van der Waals surface area contributed by atoms with Gasteiger partial charge in [-0.15, -0.1) is 0 Å². The Balaban J connectivity index is 2.12. The minimum Gasteiger partial charge on any atom is -0.468 e. The summed E-state index contributed by atoms with van der Waals surface area (Å²) in [5, 5.41) is 0. The number of hydrogen-bond acceptors (Lipinski definition) is 6. The van der Waals surface area contributed by atoms with Crippen molar-refractivity contribution in [3.8, 4) is 0 Å². The highest BCUT2D eigenvalue weighted by molar-refractivity contribution is 5.75. The van der Waals surface area contributed by atoms with Gasteiger partial charge in [0.15, 0.2) is 11.2 Å². The van der Waals surface area contributed by atoms with Gasteiger partial charge in [-0.2, -0.15) is 0 Å². The van der Waals surface area contributed by atoms with Gasteiger partial charge in [0.1, 0.15) is 12.4 Å². The number of aromatic nitrogens is 4. The van der Waals surface area contributed by atoms with Gasteiger partial charge in [0.25, 0.3) is 5.56 Å². The summed E-state index contributed by atoms with van der Waals surface area (Å²) >= 11 is 0. The second-order valence-electron chi connectivity index (χ2n) is 7.03. The predicted octanol–water partition coefficient (Wildman–Crippen LogP) is -0.161. The van der Waals surface area contributed by atoms with Gasteiger partial charge >= 0.3 is 11.7 Å². The summed E-state index contributed by atoms with van der Waals surface area (Å²) in [6, 6.07) is 0. The number of nitrogens with zero attached hydrogens (tertiary/aromatic N) is 5. The first-order valence-corrected chi connectivity index (χ1v) is 8.77. The molecule has 0 unspecified atom stereocenters. The average molecular weight is 363 g/mol. The van der Waals surface area contributed by atoms with Crippen molar-refractivity contribution in [3.05, 3.63) is 26.7 Å². The van der Waals surface area contributed by atoms with Crippen LogP contribution in [-0.2, 0) is 36.7 Å². The van der Waals surface area contributed by atoms with Gasteiger partial charge in [0.2, 0.25) is 0 Å². The van der Waals surface area contributed by atoms with Crippen molar-refractivity contribution in [3.63, 3.8) is 0 Å². The number of piperidine rings is 1. The van der Waals surface area contributed by atoms with Gasteiger partial charge in [0, 0.05) is 14.1 Å². The van der Waals surface area contributed by atoms with Crippen LogP contribution in [0.5, 0.6) is 0 Å². The molecule has 2 aromatic rings. The van der Waals surface area contributed by atoms with E-state index in [1.807, 2.05) is 0 Å². The molecule has 1 fully saturated rings. The number of carbonyl (C=O) groups is 1. The molecule has 0 aromatic carbocycles. The van der Waals surface area contributed by atoms with Crippen molar-refractivity contribution in [1.29, 1.82) is 0 Å². The highest BCUT2D eigenvalue weighted by Crippen LogP contribution is 2.19. The number of ether oxygens (including phenoxy) is 1. The average Bonchev–Trinajstić information content (AvgIpc) is 2.98. The highest BCUT2D eigenvalue weighted by Gasteiger charge is 2.23. The third-order valence-electron chi connectivity index (χ3n) is 5.18. The normalized spacial score (nSPS) is 16.3. The third kappa shape index (κ3) is 3.18. The molecule has 1 aliphatic heterocycles. The molecule has 26 heavy (non-hydrogen) atoms. The first-order chi connectivity index (χ1) is 12.3. The smallest absolute Gasteiger partial charge is 0.332 e. The van der Waals surface area contributed by atoms with Crippen molar-refractivity contribution in [2.24, 2.45) is 20.0 Å². The van der Waals surface area contributed by atoms with E-state index in [2.05, 4.69) is 16.8 Å². The highest BCUT2D eigenvalue weighted by atomic mass is 16.5. The Labute approximate surface area is 150 Å². The van der Waals surface area contributed by atoms with Gasteiger partial charge in [-0.3, -0.25) is 23.6 Å². The molecule has 0 N–H and O–H groups in total. The van der Waals surface area contributed by atoms with E-state index < -0.39 is 17.2 Å². The second-order valence-corrected chi connectivity index (χ2v) is 7.03. The second kappa shape index (κ2) is 7.06. The molecule has 3 heterocycles. The first-order valence-electron chi connectivity index (χ1n) is 8.77. The predicted molar refractivity (Wildman–Crippen MR) is 95.9 cm³/mol. The maximum Gasteiger partial charge on any atom is 0.332 e. The molecule has 0 saturated carbocycles. The van der Waals surface area contributed by atoms with Crippen LogP contribution >= 0.6 is 0 Å². The summed E-state index contributed by atoms with van der Waals surface area (Å²) in [5.41, 5.74) is -0.357. The van der Waals surface area contributed by atoms with Crippen LogP contribution in [0.1, 0.15) is 25.6 Å². The van der Waals surface area contributed by atoms with Crippen LogP contribution in [0, 0.1) is 5.92 Å². The molecule has 142 valence electrons. The van der Waals surface area contributed by atoms with Crippen LogP contribution in [0.2, 0.25) is 0 Å². The first kappa shape index (κ1) is 18.4. The van der Waals surface area contributed by atoms with Gasteiger partial charge < -0.3 is 9.30 Å². The number of imidazole rings is 1. The number of hydrogen-bond donors (Lipinski definition) is 0. The summed E-state index contributed by atoms with van der Waals surface area (Å²) < 4.78 is 8.73. The molecule has 9 nitrogen and oxygen atoms in total. The van der Waals surface area contributed by atoms with Crippen molar-refractivity contribution in [2.75, 3.05) is 20.2 Å². The van der Waals surface area contributed by atoms with Crippen molar-refractivity contribution in [1.82, 2.24) is 23.6 Å². The molecule has 0 spiro atoms. The Kier molecular flexibility index (Phi) is 4.99. The largest absolute Gasteiger partial charge is 0.468 e. The lowest BCUT2D eigenvalue weighted by atomic mass is 9.99. The Morgan fingerprint density at radius 3 is 2.46 bits per heavy atom. The molecular formula is C17H25N5O4. The van der Waals surface area contributed by atoms with E-state index in [1.54, 1.807) is 11.6 Å². The summed E-state index contributed by atoms with van der Waals surface area (Å²) in [5.74, 6) is 0.834. The van der Waals surface area contributed by atoms with Gasteiger partial charge in [0.05, 0.1) is 13.7 Å². The lowest BCUT2D eigenvalue weighted by Gasteiger charge is -2.29. The maximum atomic E-state index is 12.7. The molecule has 0 radical (unpaired) electrons. The molecule has 3 rings (SSSR count). The molecule has 2 aromatic heterocycles. The lowest BCUT2D eigenvalue weighted by molar-refractivity contribution is -0.141. The van der Waals surface area contributed by atoms with Crippen LogP contribution in [0.25, 0.3) is 11.2 Å². The van der Waals surface area contributed by atoms with E-state index in [9.17, 15) is 14.4 Å². The zero-order valence-electron chi connectivity index (χ0n) is 15.7. The van der Waals surface area contributed by atoms with Crippen molar-refractivity contribution in [2.45, 2.75) is 32.9 Å². The van der Waals surface area contributed by atoms with Crippen LogP contribution in [0.15, 0.2) is 9.59 Å². The number of carbonyl (C=O) groups excluding carboxylic acids is 1. The molecular weight excluding hydrogens is 338 g/mol. The van der Waals surface area contributed by atoms with E-state index in [-0.39, 0.29) is 12.1 Å². The summed E-state index contributed by atoms with van der Waals surface area (Å²) in [7, 11) is 4.30. The Hall–Kier alpha value is -2.42. The van der Waals surface area contributed by atoms with Gasteiger partial charge in [-0.05, 0) is 31.8 Å². The Bertz CT molecular complexity index is 947. The Morgan fingerprint density at radius 1 is 1.19 bits per heavy atom. The zero-order valence-corrected chi connectivity index (χ0v) is 15.7.